The highest BCUT2D eigenvalue weighted by Gasteiger charge is 2.15. The minimum Gasteiger partial charge on any atom is -0.247 e. The molecule has 1 aromatic rings. The Morgan fingerprint density at radius 3 is 1.06 bits per heavy atom. The van der Waals surface area contributed by atoms with Crippen LogP contribution in [0.5, 0.6) is 0 Å². The minimum atomic E-state index is -0.538. The topological polar surface area (TPSA) is 52.6 Å². The number of hydrogen-bond acceptors (Lipinski definition) is 4. The third-order valence-electron chi connectivity index (χ3n) is 1.82. The highest BCUT2D eigenvalue weighted by molar-refractivity contribution is 5.74. The molecule has 0 aliphatic carbocycles. The van der Waals surface area contributed by atoms with Crippen molar-refractivity contribution in [1.29, 1.82) is 0 Å². The van der Waals surface area contributed by atoms with Crippen molar-refractivity contribution in [1.82, 2.24) is 0 Å². The first-order valence-electron chi connectivity index (χ1n) is 5.87. The molecule has 100 valence electrons. The Morgan fingerprint density at radius 2 is 0.889 bits per heavy atom. The van der Waals surface area contributed by atoms with Crippen LogP contribution in [0.15, 0.2) is 36.4 Å². The summed E-state index contributed by atoms with van der Waals surface area (Å²) in [5.41, 5.74) is 0. The van der Waals surface area contributed by atoms with Crippen LogP contribution in [0.1, 0.15) is 27.7 Å². The van der Waals surface area contributed by atoms with Gasteiger partial charge in [0.1, 0.15) is 0 Å². The predicted molar refractivity (Wildman–Crippen MR) is 68.3 cm³/mol. The number of carbonyl (C=O) groups excluding carboxylic acids is 2. The molecule has 0 atom stereocenters. The summed E-state index contributed by atoms with van der Waals surface area (Å²) in [5.74, 6) is -1.65. The largest absolute Gasteiger partial charge is 0.358 e. The maximum absolute atomic E-state index is 10.8. The standard InChI is InChI=1S/C8H14O4.C6H6/c1-5(2)7(9)11-12-8(10)6(3)4;1-2-4-6-5-3-1/h5-6H,1-4H3;1-6H. The Labute approximate surface area is 108 Å². The molecule has 0 spiro atoms. The molecule has 18 heavy (non-hydrogen) atoms. The molecule has 0 aromatic heterocycles. The van der Waals surface area contributed by atoms with E-state index in [-0.39, 0.29) is 11.8 Å². The van der Waals surface area contributed by atoms with Crippen LogP contribution in [0, 0.1) is 11.8 Å². The fourth-order valence-electron chi connectivity index (χ4n) is 0.659. The summed E-state index contributed by atoms with van der Waals surface area (Å²) in [5, 5.41) is 0. The van der Waals surface area contributed by atoms with Crippen LogP contribution in [0.3, 0.4) is 0 Å². The van der Waals surface area contributed by atoms with Crippen molar-refractivity contribution in [3.8, 4) is 0 Å². The van der Waals surface area contributed by atoms with Gasteiger partial charge in [-0.25, -0.2) is 19.4 Å². The number of carbonyl (C=O) groups is 2. The van der Waals surface area contributed by atoms with Gasteiger partial charge in [0.05, 0.1) is 11.8 Å². The van der Waals surface area contributed by atoms with E-state index in [9.17, 15) is 9.59 Å². The summed E-state index contributed by atoms with van der Waals surface area (Å²) in [4.78, 5) is 30.0. The van der Waals surface area contributed by atoms with Crippen molar-refractivity contribution >= 4 is 11.9 Å². The predicted octanol–water partition coefficient (Wildman–Crippen LogP) is 2.99. The summed E-state index contributed by atoms with van der Waals surface area (Å²) in [6, 6.07) is 12.0. The molecule has 0 fully saturated rings. The van der Waals surface area contributed by atoms with E-state index in [1.165, 1.54) is 0 Å². The Hall–Kier alpha value is -1.84. The fourth-order valence-corrected chi connectivity index (χ4v) is 0.659. The van der Waals surface area contributed by atoms with Crippen LogP contribution in [-0.2, 0) is 19.4 Å². The maximum Gasteiger partial charge on any atom is 0.358 e. The first-order chi connectivity index (χ1) is 8.45. The third-order valence-corrected chi connectivity index (χ3v) is 1.82. The van der Waals surface area contributed by atoms with Crippen molar-refractivity contribution in [3.05, 3.63) is 36.4 Å². The van der Waals surface area contributed by atoms with Crippen molar-refractivity contribution in [2.75, 3.05) is 0 Å². The van der Waals surface area contributed by atoms with Gasteiger partial charge in [0.15, 0.2) is 0 Å². The summed E-state index contributed by atoms with van der Waals surface area (Å²) in [7, 11) is 0. The fraction of sp³-hybridized carbons (Fsp3) is 0.429. The number of hydrogen-bond donors (Lipinski definition) is 0. The summed E-state index contributed by atoms with van der Waals surface area (Å²) >= 11 is 0. The Bertz CT molecular complexity index is 297. The molecule has 0 unspecified atom stereocenters. The molecular weight excluding hydrogens is 232 g/mol. The van der Waals surface area contributed by atoms with Gasteiger partial charge in [-0.2, -0.15) is 0 Å². The molecule has 0 amide bonds. The maximum atomic E-state index is 10.8. The van der Waals surface area contributed by atoms with Crippen LogP contribution < -0.4 is 0 Å². The van der Waals surface area contributed by atoms with E-state index in [0.717, 1.165) is 0 Å². The second-order valence-electron chi connectivity index (χ2n) is 4.27. The molecule has 0 saturated carbocycles. The molecule has 1 aromatic carbocycles. The average Bonchev–Trinajstić information content (AvgIpc) is 2.38. The lowest BCUT2D eigenvalue weighted by molar-refractivity contribution is -0.263. The smallest absolute Gasteiger partial charge is 0.247 e. The zero-order valence-corrected chi connectivity index (χ0v) is 11.3. The van der Waals surface area contributed by atoms with E-state index < -0.39 is 11.9 Å². The van der Waals surface area contributed by atoms with Crippen molar-refractivity contribution in [2.24, 2.45) is 11.8 Å². The van der Waals surface area contributed by atoms with E-state index in [1.54, 1.807) is 27.7 Å². The molecule has 0 aliphatic heterocycles. The monoisotopic (exact) mass is 252 g/mol. The SMILES string of the molecule is CC(C)C(=O)OOC(=O)C(C)C.c1ccccc1. The lowest BCUT2D eigenvalue weighted by Crippen LogP contribution is -2.18. The second-order valence-corrected chi connectivity index (χ2v) is 4.27. The molecule has 4 nitrogen and oxygen atoms in total. The highest BCUT2D eigenvalue weighted by Crippen LogP contribution is 2.00. The lowest BCUT2D eigenvalue weighted by Gasteiger charge is -2.05. The lowest BCUT2D eigenvalue weighted by atomic mass is 10.2. The molecule has 0 aliphatic rings. The zero-order chi connectivity index (χ0) is 14.0. The van der Waals surface area contributed by atoms with E-state index in [0.29, 0.717) is 0 Å². The summed E-state index contributed by atoms with van der Waals surface area (Å²) < 4.78 is 0. The van der Waals surface area contributed by atoms with E-state index >= 15 is 0 Å². The Morgan fingerprint density at radius 1 is 0.667 bits per heavy atom. The van der Waals surface area contributed by atoms with Crippen molar-refractivity contribution in [2.45, 2.75) is 27.7 Å². The van der Waals surface area contributed by atoms with Crippen LogP contribution >= 0.6 is 0 Å². The molecule has 0 radical (unpaired) electrons. The van der Waals surface area contributed by atoms with Gasteiger partial charge in [-0.05, 0) is 0 Å². The van der Waals surface area contributed by atoms with E-state index in [4.69, 9.17) is 0 Å². The van der Waals surface area contributed by atoms with Gasteiger partial charge in [0.2, 0.25) is 0 Å². The summed E-state index contributed by atoms with van der Waals surface area (Å²) in [6.45, 7) is 6.63. The van der Waals surface area contributed by atoms with Gasteiger partial charge >= 0.3 is 11.9 Å². The van der Waals surface area contributed by atoms with E-state index in [2.05, 4.69) is 9.78 Å². The van der Waals surface area contributed by atoms with Crippen molar-refractivity contribution < 1.29 is 19.4 Å². The van der Waals surface area contributed by atoms with Crippen molar-refractivity contribution in [3.63, 3.8) is 0 Å². The van der Waals surface area contributed by atoms with Gasteiger partial charge in [-0.3, -0.25) is 0 Å². The molecular formula is C14H20O4. The molecule has 4 heteroatoms. The Kier molecular flexibility index (Phi) is 8.27. The third kappa shape index (κ3) is 8.33. The Balaban J connectivity index is 0.000000397. The second kappa shape index (κ2) is 9.22. The average molecular weight is 252 g/mol. The molecule has 0 heterocycles. The molecule has 0 N–H and O–H groups in total. The number of benzene rings is 1. The molecule has 0 bridgehead atoms. The van der Waals surface area contributed by atoms with Gasteiger partial charge in [-0.1, -0.05) is 64.1 Å². The summed E-state index contributed by atoms with van der Waals surface area (Å²) in [6.07, 6.45) is 0. The first kappa shape index (κ1) is 16.2. The van der Waals surface area contributed by atoms with E-state index in [1.807, 2.05) is 36.4 Å². The quantitative estimate of drug-likeness (QED) is 0.599. The van der Waals surface area contributed by atoms with Crippen LogP contribution in [-0.4, -0.2) is 11.9 Å². The number of rotatable bonds is 2. The van der Waals surface area contributed by atoms with Gasteiger partial charge in [0.25, 0.3) is 0 Å². The first-order valence-corrected chi connectivity index (χ1v) is 5.87. The van der Waals surface area contributed by atoms with Gasteiger partial charge in [0, 0.05) is 0 Å². The normalized spacial score (nSPS) is 9.44. The van der Waals surface area contributed by atoms with Gasteiger partial charge in [-0.15, -0.1) is 0 Å². The highest BCUT2D eigenvalue weighted by atomic mass is 17.2. The van der Waals surface area contributed by atoms with Crippen LogP contribution in [0.4, 0.5) is 0 Å². The van der Waals surface area contributed by atoms with Gasteiger partial charge < -0.3 is 0 Å². The zero-order valence-electron chi connectivity index (χ0n) is 11.3. The van der Waals surface area contributed by atoms with Crippen LogP contribution in [0.25, 0.3) is 0 Å². The minimum absolute atomic E-state index is 0.287. The molecule has 0 saturated heterocycles. The van der Waals surface area contributed by atoms with Crippen LogP contribution in [0.2, 0.25) is 0 Å². The molecule has 1 rings (SSSR count).